The fourth-order valence-corrected chi connectivity index (χ4v) is 4.00. The number of piperidine rings is 1. The van der Waals surface area contributed by atoms with Gasteiger partial charge in [-0.05, 0) is 55.2 Å². The molecule has 2 aromatic carbocycles. The molecule has 1 aromatic heterocycles. The Hall–Kier alpha value is -2.89. The maximum atomic E-state index is 13.1. The molecule has 6 heteroatoms. The van der Waals surface area contributed by atoms with Gasteiger partial charge in [-0.1, -0.05) is 26.0 Å². The zero-order valence-electron chi connectivity index (χ0n) is 16.9. The molecule has 4 rings (SSSR count). The second kappa shape index (κ2) is 8.23. The van der Waals surface area contributed by atoms with Crippen molar-refractivity contribution in [3.05, 3.63) is 54.3 Å². The number of hydrogen-bond acceptors (Lipinski definition) is 3. The van der Waals surface area contributed by atoms with Crippen LogP contribution in [-0.2, 0) is 11.3 Å². The lowest BCUT2D eigenvalue weighted by Crippen LogP contribution is -2.42. The van der Waals surface area contributed by atoms with Gasteiger partial charge in [0.25, 0.3) is 0 Å². The molecule has 152 valence electrons. The highest BCUT2D eigenvalue weighted by Crippen LogP contribution is 2.28. The molecule has 2 heterocycles. The van der Waals surface area contributed by atoms with Crippen LogP contribution in [-0.4, -0.2) is 28.5 Å². The minimum Gasteiger partial charge on any atom is -0.341 e. The number of hydrogen-bond donors (Lipinski definition) is 1. The van der Waals surface area contributed by atoms with Crippen LogP contribution in [0.1, 0.15) is 26.7 Å². The quantitative estimate of drug-likeness (QED) is 0.683. The van der Waals surface area contributed by atoms with Gasteiger partial charge in [0.2, 0.25) is 11.9 Å². The fourth-order valence-electron chi connectivity index (χ4n) is 4.00. The molecule has 3 aromatic rings. The molecule has 29 heavy (non-hydrogen) atoms. The lowest BCUT2D eigenvalue weighted by molar-refractivity contribution is -0.120. The number of nitrogens with one attached hydrogen (secondary N) is 1. The number of aromatic nitrogens is 2. The topological polar surface area (TPSA) is 50.2 Å². The van der Waals surface area contributed by atoms with Gasteiger partial charge in [0, 0.05) is 25.3 Å². The number of halogens is 1. The molecule has 0 aliphatic carbocycles. The molecule has 1 N–H and O–H groups in total. The molecular formula is C23H27FN4O. The third-order valence-corrected chi connectivity index (χ3v) is 5.37. The molecular weight excluding hydrogens is 367 g/mol. The van der Waals surface area contributed by atoms with E-state index in [1.165, 1.54) is 12.1 Å². The van der Waals surface area contributed by atoms with E-state index in [1.807, 2.05) is 18.2 Å². The molecule has 1 unspecified atom stereocenters. The number of anilines is 2. The first kappa shape index (κ1) is 19.4. The number of para-hydroxylation sites is 2. The van der Waals surface area contributed by atoms with E-state index in [9.17, 15) is 9.18 Å². The minimum absolute atomic E-state index is 0.0205. The van der Waals surface area contributed by atoms with E-state index in [2.05, 4.69) is 34.7 Å². The van der Waals surface area contributed by atoms with Crippen LogP contribution in [0.4, 0.5) is 16.0 Å². The summed E-state index contributed by atoms with van der Waals surface area (Å²) in [6.07, 6.45) is 1.78. The predicted molar refractivity (Wildman–Crippen MR) is 115 cm³/mol. The van der Waals surface area contributed by atoms with Crippen LogP contribution in [0.3, 0.4) is 0 Å². The summed E-state index contributed by atoms with van der Waals surface area (Å²) in [4.78, 5) is 19.9. The SMILES string of the molecule is CC(C)Cn1c(N2CCCC(C(=O)Nc3ccc(F)cc3)C2)nc2ccccc21. The van der Waals surface area contributed by atoms with E-state index >= 15 is 0 Å². The summed E-state index contributed by atoms with van der Waals surface area (Å²) < 4.78 is 15.4. The average Bonchev–Trinajstić information content (AvgIpc) is 3.08. The monoisotopic (exact) mass is 394 g/mol. The van der Waals surface area contributed by atoms with Crippen molar-refractivity contribution in [2.45, 2.75) is 33.2 Å². The maximum absolute atomic E-state index is 13.1. The molecule has 0 radical (unpaired) electrons. The van der Waals surface area contributed by atoms with Gasteiger partial charge in [-0.15, -0.1) is 0 Å². The lowest BCUT2D eigenvalue weighted by Gasteiger charge is -2.33. The summed E-state index contributed by atoms with van der Waals surface area (Å²) in [5.74, 6) is 0.984. The second-order valence-electron chi connectivity index (χ2n) is 8.19. The van der Waals surface area contributed by atoms with Crippen LogP contribution in [0.15, 0.2) is 48.5 Å². The molecule has 1 fully saturated rings. The predicted octanol–water partition coefficient (Wildman–Crippen LogP) is 4.69. The zero-order chi connectivity index (χ0) is 20.4. The van der Waals surface area contributed by atoms with Crippen LogP contribution < -0.4 is 10.2 Å². The van der Waals surface area contributed by atoms with Gasteiger partial charge in [-0.2, -0.15) is 0 Å². The van der Waals surface area contributed by atoms with Gasteiger partial charge in [-0.25, -0.2) is 9.37 Å². The summed E-state index contributed by atoms with van der Waals surface area (Å²) in [7, 11) is 0. The van der Waals surface area contributed by atoms with Crippen LogP contribution in [0.5, 0.6) is 0 Å². The summed E-state index contributed by atoms with van der Waals surface area (Å²) in [6, 6.07) is 14.1. The number of nitrogens with zero attached hydrogens (tertiary/aromatic N) is 3. The normalized spacial score (nSPS) is 17.1. The van der Waals surface area contributed by atoms with Gasteiger partial charge in [0.15, 0.2) is 0 Å². The first-order valence-corrected chi connectivity index (χ1v) is 10.3. The molecule has 0 saturated carbocycles. The Kier molecular flexibility index (Phi) is 5.51. The number of benzene rings is 2. The smallest absolute Gasteiger partial charge is 0.229 e. The van der Waals surface area contributed by atoms with Crippen LogP contribution in [0.2, 0.25) is 0 Å². The minimum atomic E-state index is -0.309. The Morgan fingerprint density at radius 2 is 1.97 bits per heavy atom. The Morgan fingerprint density at radius 1 is 1.21 bits per heavy atom. The average molecular weight is 394 g/mol. The van der Waals surface area contributed by atoms with E-state index < -0.39 is 0 Å². The summed E-state index contributed by atoms with van der Waals surface area (Å²) in [5, 5.41) is 2.92. The van der Waals surface area contributed by atoms with Crippen molar-refractivity contribution in [2.24, 2.45) is 11.8 Å². The summed E-state index contributed by atoms with van der Waals surface area (Å²) >= 11 is 0. The van der Waals surface area contributed by atoms with Crippen LogP contribution >= 0.6 is 0 Å². The van der Waals surface area contributed by atoms with Crippen molar-refractivity contribution < 1.29 is 9.18 Å². The van der Waals surface area contributed by atoms with Crippen LogP contribution in [0, 0.1) is 17.7 Å². The van der Waals surface area contributed by atoms with E-state index in [4.69, 9.17) is 4.98 Å². The van der Waals surface area contributed by atoms with Crippen molar-refractivity contribution in [3.8, 4) is 0 Å². The fraction of sp³-hybridized carbons (Fsp3) is 0.391. The maximum Gasteiger partial charge on any atom is 0.229 e. The second-order valence-corrected chi connectivity index (χ2v) is 8.19. The lowest BCUT2D eigenvalue weighted by atomic mass is 9.97. The molecule has 1 aliphatic rings. The Balaban J connectivity index is 1.55. The zero-order valence-corrected chi connectivity index (χ0v) is 16.9. The third-order valence-electron chi connectivity index (χ3n) is 5.37. The summed E-state index contributed by atoms with van der Waals surface area (Å²) in [5.41, 5.74) is 2.75. The number of imidazole rings is 1. The Morgan fingerprint density at radius 3 is 2.72 bits per heavy atom. The van der Waals surface area contributed by atoms with Crippen molar-refractivity contribution in [1.82, 2.24) is 9.55 Å². The first-order valence-electron chi connectivity index (χ1n) is 10.3. The van der Waals surface area contributed by atoms with Gasteiger partial charge in [0.05, 0.1) is 17.0 Å². The molecule has 5 nitrogen and oxygen atoms in total. The van der Waals surface area contributed by atoms with Gasteiger partial charge < -0.3 is 14.8 Å². The van der Waals surface area contributed by atoms with Gasteiger partial charge >= 0.3 is 0 Å². The Bertz CT molecular complexity index is 996. The molecule has 0 bridgehead atoms. The summed E-state index contributed by atoms with van der Waals surface area (Å²) in [6.45, 7) is 6.82. The van der Waals surface area contributed by atoms with E-state index in [0.29, 0.717) is 18.2 Å². The Labute approximate surface area is 170 Å². The molecule has 1 atom stereocenters. The number of rotatable bonds is 5. The molecule has 1 aliphatic heterocycles. The number of carbonyl (C=O) groups is 1. The van der Waals surface area contributed by atoms with E-state index in [0.717, 1.165) is 42.9 Å². The van der Waals surface area contributed by atoms with Crippen molar-refractivity contribution in [3.63, 3.8) is 0 Å². The first-order chi connectivity index (χ1) is 14.0. The van der Waals surface area contributed by atoms with E-state index in [-0.39, 0.29) is 17.6 Å². The largest absolute Gasteiger partial charge is 0.341 e. The standard InChI is InChI=1S/C23H27FN4O/c1-16(2)14-28-21-8-4-3-7-20(21)26-23(28)27-13-5-6-17(15-27)22(29)25-19-11-9-18(24)10-12-19/h3-4,7-12,16-17H,5-6,13-15H2,1-2H3,(H,25,29). The number of carbonyl (C=O) groups excluding carboxylic acids is 1. The van der Waals surface area contributed by atoms with Crippen molar-refractivity contribution in [2.75, 3.05) is 23.3 Å². The van der Waals surface area contributed by atoms with Gasteiger partial charge in [0.1, 0.15) is 5.82 Å². The number of amides is 1. The van der Waals surface area contributed by atoms with E-state index in [1.54, 1.807) is 12.1 Å². The van der Waals surface area contributed by atoms with Crippen molar-refractivity contribution >= 4 is 28.6 Å². The molecule has 1 saturated heterocycles. The molecule has 0 spiro atoms. The van der Waals surface area contributed by atoms with Crippen LogP contribution in [0.25, 0.3) is 11.0 Å². The third kappa shape index (κ3) is 4.26. The highest BCUT2D eigenvalue weighted by molar-refractivity contribution is 5.93. The highest BCUT2D eigenvalue weighted by Gasteiger charge is 2.29. The number of fused-ring (bicyclic) bond motifs is 1. The molecule has 1 amide bonds. The highest BCUT2D eigenvalue weighted by atomic mass is 19.1. The van der Waals surface area contributed by atoms with Crippen molar-refractivity contribution in [1.29, 1.82) is 0 Å². The van der Waals surface area contributed by atoms with Gasteiger partial charge in [-0.3, -0.25) is 4.79 Å².